The molecular formula is C14H14ClNO8S. The number of nitrogens with zero attached hydrogens (tertiary/aromatic N) is 1. The Hall–Kier alpha value is -2.20. The van der Waals surface area contributed by atoms with Crippen LogP contribution in [-0.4, -0.2) is 46.1 Å². The topological polar surface area (TPSA) is 152 Å². The third kappa shape index (κ3) is 3.74. The summed E-state index contributed by atoms with van der Waals surface area (Å²) in [5, 5.41) is 26.7. The van der Waals surface area contributed by atoms with Crippen molar-refractivity contribution in [3.05, 3.63) is 34.4 Å². The lowest BCUT2D eigenvalue weighted by Crippen LogP contribution is -2.46. The van der Waals surface area contributed by atoms with E-state index in [0.717, 1.165) is 18.2 Å². The van der Waals surface area contributed by atoms with Crippen LogP contribution < -0.4 is 0 Å². The molecular weight excluding hydrogens is 378 g/mol. The summed E-state index contributed by atoms with van der Waals surface area (Å²) in [5.41, 5.74) is -0.429. The molecule has 2 rings (SSSR count). The van der Waals surface area contributed by atoms with E-state index in [1.54, 1.807) is 0 Å². The molecule has 0 amide bonds. The fraction of sp³-hybridized carbons (Fsp3) is 0.429. The molecule has 0 aliphatic heterocycles. The summed E-state index contributed by atoms with van der Waals surface area (Å²) < 4.78 is 25.5. The maximum Gasteiger partial charge on any atom is 0.307 e. The number of halogens is 1. The van der Waals surface area contributed by atoms with Crippen LogP contribution in [0, 0.1) is 22.0 Å². The number of hydrogen-bond donors (Lipinski definition) is 2. The van der Waals surface area contributed by atoms with Crippen molar-refractivity contribution < 1.29 is 33.1 Å². The predicted molar refractivity (Wildman–Crippen MR) is 85.2 cm³/mol. The van der Waals surface area contributed by atoms with Crippen LogP contribution in [0.5, 0.6) is 0 Å². The lowest BCUT2D eigenvalue weighted by molar-refractivity contribution is -0.385. The van der Waals surface area contributed by atoms with E-state index in [-0.39, 0.29) is 11.3 Å². The SMILES string of the molecule is O=C(O)[C@H]1C[C@H](S(=O)(=O)c2cccc([N+](=O)[O-])c2)[C@@H](Cl)C[C@H]1C(=O)O. The first-order valence-corrected chi connectivity index (χ1v) is 9.12. The van der Waals surface area contributed by atoms with E-state index in [9.17, 15) is 33.2 Å². The average molecular weight is 392 g/mol. The van der Waals surface area contributed by atoms with Gasteiger partial charge in [0, 0.05) is 12.1 Å². The molecule has 1 fully saturated rings. The van der Waals surface area contributed by atoms with Gasteiger partial charge in [-0.05, 0) is 18.9 Å². The highest BCUT2D eigenvalue weighted by molar-refractivity contribution is 7.92. The first-order valence-electron chi connectivity index (χ1n) is 7.13. The lowest BCUT2D eigenvalue weighted by atomic mass is 9.79. The molecule has 2 N–H and O–H groups in total. The molecule has 1 aliphatic carbocycles. The van der Waals surface area contributed by atoms with E-state index in [1.807, 2.05) is 0 Å². The van der Waals surface area contributed by atoms with Crippen LogP contribution in [0.2, 0.25) is 0 Å². The normalized spacial score (nSPS) is 26.8. The van der Waals surface area contributed by atoms with Crippen molar-refractivity contribution in [2.45, 2.75) is 28.4 Å². The summed E-state index contributed by atoms with van der Waals surface area (Å²) >= 11 is 6.06. The molecule has 1 aromatic carbocycles. The van der Waals surface area contributed by atoms with Gasteiger partial charge in [-0.1, -0.05) is 6.07 Å². The number of alkyl halides is 1. The molecule has 9 nitrogen and oxygen atoms in total. The number of aliphatic carboxylic acids is 2. The van der Waals surface area contributed by atoms with E-state index in [4.69, 9.17) is 16.7 Å². The summed E-state index contributed by atoms with van der Waals surface area (Å²) in [6, 6.07) is 4.35. The van der Waals surface area contributed by atoms with Crippen molar-refractivity contribution >= 4 is 39.1 Å². The van der Waals surface area contributed by atoms with Gasteiger partial charge in [-0.3, -0.25) is 19.7 Å². The number of nitro groups is 1. The number of carboxylic acid groups (broad SMARTS) is 2. The van der Waals surface area contributed by atoms with Gasteiger partial charge in [-0.2, -0.15) is 0 Å². The van der Waals surface area contributed by atoms with Gasteiger partial charge in [-0.15, -0.1) is 11.6 Å². The number of carboxylic acids is 2. The molecule has 136 valence electrons. The van der Waals surface area contributed by atoms with Crippen LogP contribution in [-0.2, 0) is 19.4 Å². The van der Waals surface area contributed by atoms with E-state index < -0.39 is 61.3 Å². The minimum atomic E-state index is -4.18. The third-order valence-corrected chi connectivity index (χ3v) is 7.11. The monoisotopic (exact) mass is 391 g/mol. The fourth-order valence-corrected chi connectivity index (χ4v) is 5.50. The first-order chi connectivity index (χ1) is 11.6. The summed E-state index contributed by atoms with van der Waals surface area (Å²) in [7, 11) is -4.18. The highest BCUT2D eigenvalue weighted by Crippen LogP contribution is 2.39. The molecule has 0 spiro atoms. The van der Waals surface area contributed by atoms with E-state index in [0.29, 0.717) is 0 Å². The minimum Gasteiger partial charge on any atom is -0.481 e. The van der Waals surface area contributed by atoms with Gasteiger partial charge in [0.1, 0.15) is 0 Å². The third-order valence-electron chi connectivity index (χ3n) is 4.24. The molecule has 0 heterocycles. The van der Waals surface area contributed by atoms with Crippen molar-refractivity contribution in [3.8, 4) is 0 Å². The van der Waals surface area contributed by atoms with Crippen LogP contribution in [0.15, 0.2) is 29.2 Å². The average Bonchev–Trinajstić information content (AvgIpc) is 2.54. The Morgan fingerprint density at radius 2 is 1.72 bits per heavy atom. The molecule has 0 unspecified atom stereocenters. The van der Waals surface area contributed by atoms with Gasteiger partial charge < -0.3 is 10.2 Å². The Morgan fingerprint density at radius 1 is 1.16 bits per heavy atom. The van der Waals surface area contributed by atoms with Crippen LogP contribution in [0.3, 0.4) is 0 Å². The second kappa shape index (κ2) is 6.96. The highest BCUT2D eigenvalue weighted by Gasteiger charge is 2.48. The van der Waals surface area contributed by atoms with Crippen LogP contribution >= 0.6 is 11.6 Å². The molecule has 25 heavy (non-hydrogen) atoms. The smallest absolute Gasteiger partial charge is 0.307 e. The van der Waals surface area contributed by atoms with Crippen LogP contribution in [0.25, 0.3) is 0 Å². The van der Waals surface area contributed by atoms with Gasteiger partial charge in [-0.25, -0.2) is 8.42 Å². The first kappa shape index (κ1) is 19.1. The molecule has 1 saturated carbocycles. The number of carbonyl (C=O) groups is 2. The van der Waals surface area contributed by atoms with Crippen molar-refractivity contribution in [2.24, 2.45) is 11.8 Å². The van der Waals surface area contributed by atoms with Gasteiger partial charge in [0.15, 0.2) is 9.84 Å². The number of sulfone groups is 1. The Balaban J connectivity index is 2.42. The van der Waals surface area contributed by atoms with E-state index >= 15 is 0 Å². The van der Waals surface area contributed by atoms with E-state index in [2.05, 4.69) is 0 Å². The van der Waals surface area contributed by atoms with E-state index in [1.165, 1.54) is 6.07 Å². The van der Waals surface area contributed by atoms with Gasteiger partial charge in [0.2, 0.25) is 0 Å². The number of rotatable bonds is 5. The molecule has 4 atom stereocenters. The minimum absolute atomic E-state index is 0.327. The number of non-ortho nitro benzene ring substituents is 1. The second-order valence-corrected chi connectivity index (χ2v) is 8.44. The van der Waals surface area contributed by atoms with Crippen molar-refractivity contribution in [1.82, 2.24) is 0 Å². The van der Waals surface area contributed by atoms with Crippen molar-refractivity contribution in [3.63, 3.8) is 0 Å². The molecule has 1 aromatic rings. The summed E-state index contributed by atoms with van der Waals surface area (Å²) in [6.07, 6.45) is -0.807. The Bertz CT molecular complexity index is 824. The van der Waals surface area contributed by atoms with Gasteiger partial charge in [0.05, 0.1) is 32.3 Å². The van der Waals surface area contributed by atoms with Crippen LogP contribution in [0.1, 0.15) is 12.8 Å². The maximum absolute atomic E-state index is 12.8. The second-order valence-electron chi connectivity index (χ2n) is 5.71. The zero-order chi connectivity index (χ0) is 18.9. The zero-order valence-corrected chi connectivity index (χ0v) is 14.2. The van der Waals surface area contributed by atoms with Crippen molar-refractivity contribution in [2.75, 3.05) is 0 Å². The molecule has 0 bridgehead atoms. The maximum atomic E-state index is 12.8. The lowest BCUT2D eigenvalue weighted by Gasteiger charge is -2.34. The Kier molecular flexibility index (Phi) is 5.33. The molecule has 0 radical (unpaired) electrons. The molecule has 11 heteroatoms. The number of benzene rings is 1. The quantitative estimate of drug-likeness (QED) is 0.435. The molecule has 0 saturated heterocycles. The number of hydrogen-bond acceptors (Lipinski definition) is 6. The van der Waals surface area contributed by atoms with Crippen LogP contribution in [0.4, 0.5) is 5.69 Å². The largest absolute Gasteiger partial charge is 0.481 e. The predicted octanol–water partition coefficient (Wildman–Crippen LogP) is 1.54. The standard InChI is InChI=1S/C14H14ClNO8S/c15-11-5-9(13(17)18)10(14(19)20)6-12(11)25(23,24)8-3-1-2-7(4-8)16(21)22/h1-4,9-12H,5-6H2,(H,17,18)(H,19,20)/t9-,10+,11+,12+/m1/s1. The summed E-state index contributed by atoms with van der Waals surface area (Å²) in [4.78, 5) is 32.3. The fourth-order valence-electron chi connectivity index (χ4n) is 2.94. The summed E-state index contributed by atoms with van der Waals surface area (Å²) in [6.45, 7) is 0. The zero-order valence-electron chi connectivity index (χ0n) is 12.6. The number of nitro benzene ring substituents is 1. The Morgan fingerprint density at radius 3 is 2.24 bits per heavy atom. The molecule has 1 aliphatic rings. The highest BCUT2D eigenvalue weighted by atomic mass is 35.5. The summed E-state index contributed by atoms with van der Waals surface area (Å²) in [5.74, 6) is -5.48. The van der Waals surface area contributed by atoms with Gasteiger partial charge >= 0.3 is 11.9 Å². The Labute approximate surface area is 147 Å². The van der Waals surface area contributed by atoms with Gasteiger partial charge in [0.25, 0.3) is 5.69 Å². The molecule has 0 aromatic heterocycles. The van der Waals surface area contributed by atoms with Crippen molar-refractivity contribution in [1.29, 1.82) is 0 Å².